The van der Waals surface area contributed by atoms with E-state index in [-0.39, 0.29) is 5.54 Å². The van der Waals surface area contributed by atoms with Crippen LogP contribution >= 0.6 is 0 Å². The molecule has 0 heterocycles. The molecular weight excluding hydrogens is 138 g/mol. The zero-order chi connectivity index (χ0) is 8.74. The number of hydrogen-bond acceptors (Lipinski definition) is 2. The first-order valence-corrected chi connectivity index (χ1v) is 4.21. The summed E-state index contributed by atoms with van der Waals surface area (Å²) in [5.41, 5.74) is 2.84. The Bertz CT molecular complexity index is 113. The molecule has 3 heteroatoms. The van der Waals surface area contributed by atoms with E-state index in [9.17, 15) is 0 Å². The van der Waals surface area contributed by atoms with Crippen molar-refractivity contribution in [3.63, 3.8) is 0 Å². The highest BCUT2D eigenvalue weighted by molar-refractivity contribution is 4.65. The predicted octanol–water partition coefficient (Wildman–Crippen LogP) is 2.54. The second-order valence-electron chi connectivity index (χ2n) is 3.63. The van der Waals surface area contributed by atoms with Gasteiger partial charge in [0.1, 0.15) is 0 Å². The van der Waals surface area contributed by atoms with Crippen LogP contribution in [0.4, 0.5) is 0 Å². The van der Waals surface area contributed by atoms with Gasteiger partial charge in [0, 0.05) is 6.54 Å². The van der Waals surface area contributed by atoms with Crippen molar-refractivity contribution >= 4 is 0 Å². The van der Waals surface area contributed by atoms with Crippen LogP contribution in [0.25, 0.3) is 0 Å². The van der Waals surface area contributed by atoms with Gasteiger partial charge in [0.05, 0.1) is 5.54 Å². The summed E-state index contributed by atoms with van der Waals surface area (Å²) in [5, 5.41) is 7.90. The fourth-order valence-electron chi connectivity index (χ4n) is 0.491. The lowest BCUT2D eigenvalue weighted by Gasteiger charge is -2.08. The lowest BCUT2D eigenvalue weighted by Crippen LogP contribution is -2.12. The third-order valence-electron chi connectivity index (χ3n) is 1.06. The fourth-order valence-corrected chi connectivity index (χ4v) is 0.491. The first kappa shape index (κ1) is 10.4. The van der Waals surface area contributed by atoms with Crippen LogP contribution in [0.2, 0.25) is 0 Å². The maximum absolute atomic E-state index is 4.04. The Kier molecular flexibility index (Phi) is 4.83. The predicted molar refractivity (Wildman–Crippen MR) is 47.5 cm³/mol. The molecule has 0 amide bonds. The van der Waals surface area contributed by atoms with Crippen LogP contribution < -0.4 is 5.43 Å². The quantitative estimate of drug-likeness (QED) is 0.380. The zero-order valence-electron chi connectivity index (χ0n) is 8.02. The smallest absolute Gasteiger partial charge is 0.0753 e. The molecule has 0 aliphatic heterocycles. The lowest BCUT2D eigenvalue weighted by molar-refractivity contribution is 0.507. The first-order chi connectivity index (χ1) is 5.06. The van der Waals surface area contributed by atoms with Gasteiger partial charge >= 0.3 is 0 Å². The van der Waals surface area contributed by atoms with Crippen LogP contribution in [0.1, 0.15) is 40.5 Å². The summed E-state index contributed by atoms with van der Waals surface area (Å²) < 4.78 is 0. The van der Waals surface area contributed by atoms with E-state index in [1.807, 2.05) is 20.8 Å². The van der Waals surface area contributed by atoms with Crippen molar-refractivity contribution in [3.8, 4) is 0 Å². The maximum Gasteiger partial charge on any atom is 0.0753 e. The van der Waals surface area contributed by atoms with Gasteiger partial charge in [0.15, 0.2) is 0 Å². The van der Waals surface area contributed by atoms with Crippen LogP contribution in [0.3, 0.4) is 0 Å². The van der Waals surface area contributed by atoms with Gasteiger partial charge in [0.25, 0.3) is 0 Å². The highest BCUT2D eigenvalue weighted by Crippen LogP contribution is 2.05. The normalized spacial score (nSPS) is 12.4. The molecule has 0 rings (SSSR count). The molecular formula is C8H19N3. The second kappa shape index (κ2) is 5.10. The maximum atomic E-state index is 4.04. The largest absolute Gasteiger partial charge is 0.292 e. The SMILES string of the molecule is CCCCN/N=N/C(C)(C)C. The lowest BCUT2D eigenvalue weighted by atomic mass is 10.1. The highest BCUT2D eigenvalue weighted by Gasteiger charge is 2.05. The van der Waals surface area contributed by atoms with E-state index in [2.05, 4.69) is 22.7 Å². The van der Waals surface area contributed by atoms with E-state index in [0.29, 0.717) is 0 Å². The summed E-state index contributed by atoms with van der Waals surface area (Å²) in [4.78, 5) is 0. The molecule has 0 saturated heterocycles. The molecule has 0 unspecified atom stereocenters. The summed E-state index contributed by atoms with van der Waals surface area (Å²) in [6.07, 6.45) is 2.35. The molecule has 0 saturated carbocycles. The van der Waals surface area contributed by atoms with E-state index in [4.69, 9.17) is 0 Å². The van der Waals surface area contributed by atoms with Crippen molar-refractivity contribution < 1.29 is 0 Å². The minimum absolute atomic E-state index is 0.0563. The van der Waals surface area contributed by atoms with Crippen LogP contribution in [-0.4, -0.2) is 12.1 Å². The van der Waals surface area contributed by atoms with Crippen molar-refractivity contribution in [2.45, 2.75) is 46.1 Å². The monoisotopic (exact) mass is 157 g/mol. The van der Waals surface area contributed by atoms with Crippen LogP contribution in [0, 0.1) is 0 Å². The number of rotatable bonds is 4. The summed E-state index contributed by atoms with van der Waals surface area (Å²) in [6.45, 7) is 9.16. The van der Waals surface area contributed by atoms with Crippen molar-refractivity contribution in [1.29, 1.82) is 0 Å². The van der Waals surface area contributed by atoms with Crippen molar-refractivity contribution in [1.82, 2.24) is 5.43 Å². The summed E-state index contributed by atoms with van der Waals surface area (Å²) >= 11 is 0. The van der Waals surface area contributed by atoms with Gasteiger partial charge < -0.3 is 0 Å². The standard InChI is InChI=1S/C8H19N3/c1-5-6-7-9-11-10-8(2,3)4/h5-7H2,1-4H3,(H,9,10). The van der Waals surface area contributed by atoms with E-state index < -0.39 is 0 Å². The van der Waals surface area contributed by atoms with E-state index in [1.165, 1.54) is 6.42 Å². The summed E-state index contributed by atoms with van der Waals surface area (Å²) in [7, 11) is 0. The Balaban J connectivity index is 3.30. The minimum atomic E-state index is -0.0563. The molecule has 0 aromatic rings. The zero-order valence-corrected chi connectivity index (χ0v) is 8.02. The van der Waals surface area contributed by atoms with Gasteiger partial charge in [-0.15, -0.1) is 0 Å². The number of nitrogens with zero attached hydrogens (tertiary/aromatic N) is 2. The Morgan fingerprint density at radius 2 is 1.91 bits per heavy atom. The molecule has 0 aromatic carbocycles. The Hall–Kier alpha value is -0.600. The van der Waals surface area contributed by atoms with Gasteiger partial charge in [-0.2, -0.15) is 5.11 Å². The van der Waals surface area contributed by atoms with Crippen molar-refractivity contribution in [2.24, 2.45) is 10.3 Å². The molecule has 0 atom stereocenters. The molecule has 0 radical (unpaired) electrons. The first-order valence-electron chi connectivity index (χ1n) is 4.21. The summed E-state index contributed by atoms with van der Waals surface area (Å²) in [6, 6.07) is 0. The van der Waals surface area contributed by atoms with Gasteiger partial charge in [-0.3, -0.25) is 5.43 Å². The number of hydrogen-bond donors (Lipinski definition) is 1. The molecule has 0 aliphatic carbocycles. The third kappa shape index (κ3) is 9.40. The Labute approximate surface area is 69.3 Å². The van der Waals surface area contributed by atoms with Crippen molar-refractivity contribution in [3.05, 3.63) is 0 Å². The average Bonchev–Trinajstić information content (AvgIpc) is 1.85. The van der Waals surface area contributed by atoms with Gasteiger partial charge in [-0.1, -0.05) is 18.6 Å². The summed E-state index contributed by atoms with van der Waals surface area (Å²) in [5.74, 6) is 0. The van der Waals surface area contributed by atoms with E-state index in [1.54, 1.807) is 0 Å². The van der Waals surface area contributed by atoms with Gasteiger partial charge in [0.2, 0.25) is 0 Å². The Morgan fingerprint density at radius 3 is 2.36 bits per heavy atom. The molecule has 0 aromatic heterocycles. The second-order valence-corrected chi connectivity index (χ2v) is 3.63. The molecule has 0 fully saturated rings. The topological polar surface area (TPSA) is 36.8 Å². The molecule has 0 aliphatic rings. The molecule has 11 heavy (non-hydrogen) atoms. The van der Waals surface area contributed by atoms with Crippen LogP contribution in [-0.2, 0) is 0 Å². The van der Waals surface area contributed by atoms with Crippen LogP contribution in [0.5, 0.6) is 0 Å². The minimum Gasteiger partial charge on any atom is -0.292 e. The molecule has 0 bridgehead atoms. The van der Waals surface area contributed by atoms with E-state index >= 15 is 0 Å². The average molecular weight is 157 g/mol. The van der Waals surface area contributed by atoms with Gasteiger partial charge in [-0.05, 0) is 27.2 Å². The van der Waals surface area contributed by atoms with Crippen molar-refractivity contribution in [2.75, 3.05) is 6.54 Å². The van der Waals surface area contributed by atoms with Crippen LogP contribution in [0.15, 0.2) is 10.3 Å². The molecule has 1 N–H and O–H groups in total. The fraction of sp³-hybridized carbons (Fsp3) is 1.00. The number of nitrogens with one attached hydrogen (secondary N) is 1. The molecule has 3 nitrogen and oxygen atoms in total. The molecule has 0 spiro atoms. The molecule has 66 valence electrons. The third-order valence-corrected chi connectivity index (χ3v) is 1.06. The highest BCUT2D eigenvalue weighted by atomic mass is 15.4. The number of unbranched alkanes of at least 4 members (excludes halogenated alkanes) is 1. The Morgan fingerprint density at radius 1 is 1.27 bits per heavy atom. The van der Waals surface area contributed by atoms with E-state index in [0.717, 1.165) is 13.0 Å². The van der Waals surface area contributed by atoms with Gasteiger partial charge in [-0.25, -0.2) is 0 Å².